The highest BCUT2D eigenvalue weighted by atomic mass is 19.4. The largest absolute Gasteiger partial charge is 0.491 e. The van der Waals surface area contributed by atoms with Crippen molar-refractivity contribution in [1.82, 2.24) is 9.78 Å². The molecular weight excluding hydrogens is 323 g/mol. The van der Waals surface area contributed by atoms with E-state index in [4.69, 9.17) is 4.74 Å². The number of amides is 1. The molecule has 1 aromatic carbocycles. The molecule has 0 aliphatic rings. The fourth-order valence-corrected chi connectivity index (χ4v) is 2.19. The Morgan fingerprint density at radius 3 is 2.58 bits per heavy atom. The third-order valence-corrected chi connectivity index (χ3v) is 3.24. The molecule has 0 radical (unpaired) electrons. The monoisotopic (exact) mass is 341 g/mol. The van der Waals surface area contributed by atoms with Gasteiger partial charge in [0.1, 0.15) is 5.75 Å². The summed E-state index contributed by atoms with van der Waals surface area (Å²) >= 11 is 0. The number of aromatic nitrogens is 2. The quantitative estimate of drug-likeness (QED) is 0.921. The molecule has 0 atom stereocenters. The van der Waals surface area contributed by atoms with Gasteiger partial charge >= 0.3 is 6.18 Å². The molecule has 0 saturated heterocycles. The average molecular weight is 341 g/mol. The number of carbonyl (C=O) groups is 1. The number of hydrogen-bond donors (Lipinski definition) is 1. The number of halogens is 3. The van der Waals surface area contributed by atoms with Crippen LogP contribution in [0, 0.1) is 6.92 Å². The van der Waals surface area contributed by atoms with Crippen LogP contribution in [0.15, 0.2) is 24.4 Å². The minimum atomic E-state index is -4.70. The first-order valence-electron chi connectivity index (χ1n) is 7.28. The lowest BCUT2D eigenvalue weighted by molar-refractivity contribution is -0.141. The first kappa shape index (κ1) is 17.8. The van der Waals surface area contributed by atoms with Crippen LogP contribution in [-0.2, 0) is 13.2 Å². The van der Waals surface area contributed by atoms with Gasteiger partial charge in [-0.15, -0.1) is 0 Å². The summed E-state index contributed by atoms with van der Waals surface area (Å²) < 4.78 is 45.5. The molecule has 1 amide bonds. The normalized spacial score (nSPS) is 11.7. The summed E-state index contributed by atoms with van der Waals surface area (Å²) in [4.78, 5) is 12.3. The third kappa shape index (κ3) is 3.87. The summed E-state index contributed by atoms with van der Waals surface area (Å²) in [5, 5.41) is 5.82. The Labute approximate surface area is 137 Å². The van der Waals surface area contributed by atoms with Crippen LogP contribution in [0.5, 0.6) is 5.75 Å². The standard InChI is InChI=1S/C16H18F3N3O2/c1-9(2)24-13-7-5-6-12(10(13)3)20-15(23)11-8-22(4)21-14(11)16(17,18)19/h5-9H,1-4H3,(H,20,23). The number of rotatable bonds is 4. The smallest absolute Gasteiger partial charge is 0.435 e. The molecule has 24 heavy (non-hydrogen) atoms. The van der Waals surface area contributed by atoms with Gasteiger partial charge in [-0.1, -0.05) is 6.07 Å². The van der Waals surface area contributed by atoms with Crippen molar-refractivity contribution in [3.63, 3.8) is 0 Å². The lowest BCUT2D eigenvalue weighted by atomic mass is 10.1. The Hall–Kier alpha value is -2.51. The molecule has 0 spiro atoms. The van der Waals surface area contributed by atoms with Crippen LogP contribution in [0.1, 0.15) is 35.5 Å². The fraction of sp³-hybridized carbons (Fsp3) is 0.375. The van der Waals surface area contributed by atoms with Gasteiger partial charge in [0.25, 0.3) is 5.91 Å². The van der Waals surface area contributed by atoms with Crippen molar-refractivity contribution in [3.05, 3.63) is 41.2 Å². The second-order valence-corrected chi connectivity index (χ2v) is 5.61. The molecule has 1 N–H and O–H groups in total. The number of nitrogens with zero attached hydrogens (tertiary/aromatic N) is 2. The SMILES string of the molecule is Cc1c(NC(=O)c2cn(C)nc2C(F)(F)F)cccc1OC(C)C. The van der Waals surface area contributed by atoms with E-state index in [1.165, 1.54) is 7.05 Å². The molecule has 2 aromatic rings. The number of alkyl halides is 3. The Morgan fingerprint density at radius 1 is 1.33 bits per heavy atom. The van der Waals surface area contributed by atoms with Crippen LogP contribution in [0.3, 0.4) is 0 Å². The van der Waals surface area contributed by atoms with E-state index in [1.807, 2.05) is 13.8 Å². The summed E-state index contributed by atoms with van der Waals surface area (Å²) in [5.74, 6) is -0.315. The van der Waals surface area contributed by atoms with Crippen LogP contribution in [0.25, 0.3) is 0 Å². The summed E-state index contributed by atoms with van der Waals surface area (Å²) in [7, 11) is 1.33. The summed E-state index contributed by atoms with van der Waals surface area (Å²) in [6.45, 7) is 5.44. The van der Waals surface area contributed by atoms with Gasteiger partial charge in [-0.2, -0.15) is 18.3 Å². The van der Waals surface area contributed by atoms with Crippen molar-refractivity contribution in [2.45, 2.75) is 33.1 Å². The van der Waals surface area contributed by atoms with Crippen LogP contribution in [0.2, 0.25) is 0 Å². The number of ether oxygens (including phenoxy) is 1. The van der Waals surface area contributed by atoms with Crippen molar-refractivity contribution in [2.24, 2.45) is 7.05 Å². The van der Waals surface area contributed by atoms with Gasteiger partial charge in [0, 0.05) is 24.5 Å². The van der Waals surface area contributed by atoms with E-state index >= 15 is 0 Å². The number of carbonyl (C=O) groups excluding carboxylic acids is 1. The maximum absolute atomic E-state index is 13.0. The van der Waals surface area contributed by atoms with E-state index in [9.17, 15) is 18.0 Å². The Morgan fingerprint density at radius 2 is 2.00 bits per heavy atom. The third-order valence-electron chi connectivity index (χ3n) is 3.24. The zero-order valence-electron chi connectivity index (χ0n) is 13.7. The van der Waals surface area contributed by atoms with Gasteiger partial charge < -0.3 is 10.1 Å². The molecule has 130 valence electrons. The van der Waals surface area contributed by atoms with Gasteiger partial charge in [0.05, 0.1) is 11.7 Å². The van der Waals surface area contributed by atoms with Crippen LogP contribution in [0.4, 0.5) is 18.9 Å². The number of hydrogen-bond acceptors (Lipinski definition) is 3. The summed E-state index contributed by atoms with van der Waals surface area (Å²) in [6, 6.07) is 4.99. The van der Waals surface area contributed by atoms with Gasteiger partial charge in [0.2, 0.25) is 0 Å². The maximum Gasteiger partial charge on any atom is 0.435 e. The molecular formula is C16H18F3N3O2. The molecule has 2 rings (SSSR count). The molecule has 0 aliphatic heterocycles. The predicted octanol–water partition coefficient (Wildman–Crippen LogP) is 3.79. The number of benzene rings is 1. The lowest BCUT2D eigenvalue weighted by Crippen LogP contribution is -2.18. The Bertz CT molecular complexity index is 752. The van der Waals surface area contributed by atoms with Gasteiger partial charge in [-0.3, -0.25) is 9.48 Å². The zero-order chi connectivity index (χ0) is 18.1. The Kier molecular flexibility index (Phi) is 4.86. The first-order valence-corrected chi connectivity index (χ1v) is 7.28. The molecule has 0 saturated carbocycles. The van der Waals surface area contributed by atoms with E-state index in [-0.39, 0.29) is 6.10 Å². The van der Waals surface area contributed by atoms with Crippen molar-refractivity contribution < 1.29 is 22.7 Å². The predicted molar refractivity (Wildman–Crippen MR) is 83.1 cm³/mol. The second kappa shape index (κ2) is 6.54. The minimum Gasteiger partial charge on any atom is -0.491 e. The second-order valence-electron chi connectivity index (χ2n) is 5.61. The first-order chi connectivity index (χ1) is 11.1. The molecule has 0 bridgehead atoms. The molecule has 1 heterocycles. The van der Waals surface area contributed by atoms with E-state index < -0.39 is 23.3 Å². The van der Waals surface area contributed by atoms with Crippen LogP contribution >= 0.6 is 0 Å². The molecule has 0 unspecified atom stereocenters. The number of aryl methyl sites for hydroxylation is 1. The van der Waals surface area contributed by atoms with Gasteiger partial charge in [-0.25, -0.2) is 0 Å². The van der Waals surface area contributed by atoms with Crippen molar-refractivity contribution in [1.29, 1.82) is 0 Å². The van der Waals surface area contributed by atoms with Gasteiger partial charge in [-0.05, 0) is 32.9 Å². The van der Waals surface area contributed by atoms with E-state index in [2.05, 4.69) is 10.4 Å². The van der Waals surface area contributed by atoms with Gasteiger partial charge in [0.15, 0.2) is 5.69 Å². The molecule has 0 fully saturated rings. The topological polar surface area (TPSA) is 56.2 Å². The summed E-state index contributed by atoms with van der Waals surface area (Å²) in [6.07, 6.45) is -3.72. The van der Waals surface area contributed by atoms with Crippen molar-refractivity contribution in [2.75, 3.05) is 5.32 Å². The number of nitrogens with one attached hydrogen (secondary N) is 1. The highest BCUT2D eigenvalue weighted by Crippen LogP contribution is 2.32. The van der Waals surface area contributed by atoms with Crippen molar-refractivity contribution in [3.8, 4) is 5.75 Å². The molecule has 0 aliphatic carbocycles. The highest BCUT2D eigenvalue weighted by molar-refractivity contribution is 6.05. The van der Waals surface area contributed by atoms with E-state index in [0.29, 0.717) is 17.0 Å². The molecule has 1 aromatic heterocycles. The van der Waals surface area contributed by atoms with E-state index in [0.717, 1.165) is 10.9 Å². The highest BCUT2D eigenvalue weighted by Gasteiger charge is 2.39. The van der Waals surface area contributed by atoms with Crippen molar-refractivity contribution >= 4 is 11.6 Å². The van der Waals surface area contributed by atoms with E-state index in [1.54, 1.807) is 25.1 Å². The Balaban J connectivity index is 2.31. The lowest BCUT2D eigenvalue weighted by Gasteiger charge is -2.15. The number of anilines is 1. The molecule has 5 nitrogen and oxygen atoms in total. The van der Waals surface area contributed by atoms with Crippen LogP contribution < -0.4 is 10.1 Å². The van der Waals surface area contributed by atoms with Crippen LogP contribution in [-0.4, -0.2) is 21.8 Å². The fourth-order valence-electron chi connectivity index (χ4n) is 2.19. The molecule has 8 heteroatoms. The zero-order valence-corrected chi connectivity index (χ0v) is 13.7. The maximum atomic E-state index is 13.0. The summed E-state index contributed by atoms with van der Waals surface area (Å²) in [5.41, 5.74) is -0.721. The average Bonchev–Trinajstić information content (AvgIpc) is 2.85. The minimum absolute atomic E-state index is 0.0650.